The molecule has 2 atom stereocenters. The third-order valence-electron chi connectivity index (χ3n) is 11.0. The number of benzene rings is 4. The number of methoxy groups -OCH3 is 1. The maximum atomic E-state index is 13.9. The number of fused-ring (bicyclic) bond motifs is 4. The van der Waals surface area contributed by atoms with Crippen LogP contribution in [0, 0.1) is 0 Å². The summed E-state index contributed by atoms with van der Waals surface area (Å²) in [6.45, 7) is 4.82. The van der Waals surface area contributed by atoms with E-state index in [1.807, 2.05) is 32.0 Å². The molecule has 0 radical (unpaired) electrons. The van der Waals surface area contributed by atoms with Gasteiger partial charge >= 0.3 is 0 Å². The molecule has 4 aromatic rings. The average Bonchev–Trinajstić information content (AvgIpc) is 3.89. The van der Waals surface area contributed by atoms with Gasteiger partial charge in [-0.15, -0.1) is 0 Å². The van der Waals surface area contributed by atoms with Gasteiger partial charge in [-0.25, -0.2) is 13.1 Å². The van der Waals surface area contributed by atoms with Crippen LogP contribution in [0.25, 0.3) is 10.8 Å². The number of carbonyl (C=O) groups excluding carboxylic acids is 2. The lowest BCUT2D eigenvalue weighted by Crippen LogP contribution is -2.50. The molecule has 2 amide bonds. The highest BCUT2D eigenvalue weighted by atomic mass is 32.2. The summed E-state index contributed by atoms with van der Waals surface area (Å²) in [6, 6.07) is 23.1. The number of rotatable bonds is 14. The number of nitrogens with zero attached hydrogens (tertiary/aromatic N) is 2. The number of amides is 2. The SMILES string of the molecule is COc1ccc2cc(S(=O)(=O)N[C@@H](CC(=O)N[C@H](Cc3ccc(CN4C5CCC4CC5)cc3)C(=O)N(C)C(C)C)c3ccc4c(c3)OCO4)ccc2c1. The van der Waals surface area contributed by atoms with Crippen molar-refractivity contribution in [1.29, 1.82) is 0 Å². The van der Waals surface area contributed by atoms with Gasteiger partial charge in [0, 0.05) is 44.6 Å². The summed E-state index contributed by atoms with van der Waals surface area (Å²) in [5, 5.41) is 4.51. The summed E-state index contributed by atoms with van der Waals surface area (Å²) in [6.07, 6.45) is 5.16. The molecule has 3 heterocycles. The highest BCUT2D eigenvalue weighted by Crippen LogP contribution is 2.39. The molecule has 0 aromatic heterocycles. The minimum Gasteiger partial charge on any atom is -0.497 e. The van der Waals surface area contributed by atoms with E-state index in [9.17, 15) is 18.0 Å². The Morgan fingerprint density at radius 1 is 0.868 bits per heavy atom. The first kappa shape index (κ1) is 36.7. The summed E-state index contributed by atoms with van der Waals surface area (Å²) in [4.78, 5) is 32.0. The van der Waals surface area contributed by atoms with E-state index in [1.54, 1.807) is 61.5 Å². The quantitative estimate of drug-likeness (QED) is 0.169. The zero-order valence-corrected chi connectivity index (χ0v) is 31.5. The van der Waals surface area contributed by atoms with Crippen molar-refractivity contribution in [3.8, 4) is 17.2 Å². The van der Waals surface area contributed by atoms with E-state index in [0.29, 0.717) is 41.3 Å². The zero-order chi connectivity index (χ0) is 37.3. The number of hydrogen-bond acceptors (Lipinski definition) is 8. The molecule has 53 heavy (non-hydrogen) atoms. The second kappa shape index (κ2) is 15.4. The fourth-order valence-electron chi connectivity index (χ4n) is 7.75. The first-order valence-corrected chi connectivity index (χ1v) is 19.8. The molecular weight excluding hydrogens is 693 g/mol. The fourth-order valence-corrected chi connectivity index (χ4v) is 9.01. The van der Waals surface area contributed by atoms with Crippen LogP contribution in [0.4, 0.5) is 0 Å². The Bertz CT molecular complexity index is 2070. The Morgan fingerprint density at radius 3 is 2.23 bits per heavy atom. The third-order valence-corrected chi connectivity index (χ3v) is 12.5. The lowest BCUT2D eigenvalue weighted by atomic mass is 10.0. The third kappa shape index (κ3) is 8.14. The predicted octanol–water partition coefficient (Wildman–Crippen LogP) is 5.71. The molecule has 0 unspecified atom stereocenters. The summed E-state index contributed by atoms with van der Waals surface area (Å²) >= 11 is 0. The Hall–Kier alpha value is -4.65. The van der Waals surface area contributed by atoms with Crippen LogP contribution in [0.3, 0.4) is 0 Å². The van der Waals surface area contributed by atoms with Crippen molar-refractivity contribution in [3.63, 3.8) is 0 Å². The van der Waals surface area contributed by atoms with E-state index in [-0.39, 0.29) is 30.1 Å². The Morgan fingerprint density at radius 2 is 1.53 bits per heavy atom. The Kier molecular flexibility index (Phi) is 10.6. The monoisotopic (exact) mass is 740 g/mol. The van der Waals surface area contributed by atoms with E-state index in [4.69, 9.17) is 14.2 Å². The van der Waals surface area contributed by atoms with Crippen molar-refractivity contribution < 1.29 is 32.2 Å². The maximum absolute atomic E-state index is 13.9. The lowest BCUT2D eigenvalue weighted by Gasteiger charge is -2.28. The number of carbonyl (C=O) groups is 2. The van der Waals surface area contributed by atoms with Crippen LogP contribution >= 0.6 is 0 Å². The highest BCUT2D eigenvalue weighted by molar-refractivity contribution is 7.89. The topological polar surface area (TPSA) is 127 Å². The van der Waals surface area contributed by atoms with E-state index in [2.05, 4.69) is 27.1 Å². The molecule has 2 N–H and O–H groups in total. The molecule has 280 valence electrons. The van der Waals surface area contributed by atoms with Gasteiger partial charge < -0.3 is 24.4 Å². The molecule has 0 spiro atoms. The number of likely N-dealkylation sites (N-methyl/N-ethyl adjacent to an activating group) is 1. The van der Waals surface area contributed by atoms with Gasteiger partial charge in [0.1, 0.15) is 11.8 Å². The zero-order valence-electron chi connectivity index (χ0n) is 30.7. The Balaban J connectivity index is 1.11. The van der Waals surface area contributed by atoms with E-state index in [0.717, 1.165) is 22.9 Å². The normalized spacial score (nSPS) is 19.0. The van der Waals surface area contributed by atoms with Crippen LogP contribution < -0.4 is 24.2 Å². The largest absolute Gasteiger partial charge is 0.497 e. The van der Waals surface area contributed by atoms with Crippen molar-refractivity contribution in [2.75, 3.05) is 21.0 Å². The predicted molar refractivity (Wildman–Crippen MR) is 202 cm³/mol. The standard InChI is InChI=1S/C41H48N4O7S/c1-26(2)44(3)41(47)37(19-27-5-7-28(8-6-27)24-45-32-12-13-33(45)15-14-32)42-40(46)23-36(31-11-18-38-39(22-31)52-25-51-38)43-53(48,49)35-17-10-29-20-34(50-4)16-9-30(29)21-35/h5-11,16-18,20-22,26,32-33,36-37,43H,12-15,19,23-25H2,1-4H3,(H,42,46)/t32?,33?,36-,37+/m0/s1. The molecule has 2 bridgehead atoms. The minimum atomic E-state index is -4.12. The van der Waals surface area contributed by atoms with Crippen molar-refractivity contribution in [1.82, 2.24) is 19.8 Å². The molecule has 7 rings (SSSR count). The molecule has 12 heteroatoms. The van der Waals surface area contributed by atoms with Gasteiger partial charge in [0.05, 0.1) is 18.0 Å². The molecule has 4 aromatic carbocycles. The van der Waals surface area contributed by atoms with Crippen molar-refractivity contribution >= 4 is 32.6 Å². The van der Waals surface area contributed by atoms with Gasteiger partial charge in [-0.3, -0.25) is 14.5 Å². The summed E-state index contributed by atoms with van der Waals surface area (Å²) < 4.78 is 47.0. The molecule has 0 aliphatic carbocycles. The number of hydrogen-bond donors (Lipinski definition) is 2. The Labute approximate surface area is 311 Å². The van der Waals surface area contributed by atoms with Gasteiger partial charge in [-0.2, -0.15) is 0 Å². The number of sulfonamides is 1. The fraction of sp³-hybridized carbons (Fsp3) is 0.415. The van der Waals surface area contributed by atoms with Gasteiger partial charge in [0.15, 0.2) is 11.5 Å². The van der Waals surface area contributed by atoms with Gasteiger partial charge in [0.25, 0.3) is 0 Å². The van der Waals surface area contributed by atoms with Crippen molar-refractivity contribution in [2.45, 2.75) is 94.0 Å². The first-order valence-electron chi connectivity index (χ1n) is 18.4. The molecule has 0 saturated carbocycles. The highest BCUT2D eigenvalue weighted by Gasteiger charge is 2.39. The van der Waals surface area contributed by atoms with E-state index in [1.165, 1.54) is 37.3 Å². The smallest absolute Gasteiger partial charge is 0.245 e. The average molecular weight is 741 g/mol. The van der Waals surface area contributed by atoms with Gasteiger partial charge in [-0.05, 0) is 103 Å². The molecule has 11 nitrogen and oxygen atoms in total. The van der Waals surface area contributed by atoms with Crippen LogP contribution in [0.2, 0.25) is 0 Å². The molecule has 3 aliphatic rings. The minimum absolute atomic E-state index is 0.0466. The van der Waals surface area contributed by atoms with Gasteiger partial charge in [-0.1, -0.05) is 42.5 Å². The number of nitrogens with one attached hydrogen (secondary N) is 2. The summed E-state index contributed by atoms with van der Waals surface area (Å²) in [5.41, 5.74) is 2.68. The van der Waals surface area contributed by atoms with Gasteiger partial charge in [0.2, 0.25) is 28.6 Å². The van der Waals surface area contributed by atoms with Crippen LogP contribution in [-0.2, 0) is 32.6 Å². The van der Waals surface area contributed by atoms with Crippen LogP contribution in [0.5, 0.6) is 17.2 Å². The maximum Gasteiger partial charge on any atom is 0.245 e. The second-order valence-electron chi connectivity index (χ2n) is 14.7. The van der Waals surface area contributed by atoms with Crippen LogP contribution in [-0.4, -0.2) is 75.1 Å². The molecular formula is C41H48N4O7S. The summed E-state index contributed by atoms with van der Waals surface area (Å²) in [5.74, 6) is 0.958. The number of ether oxygens (including phenoxy) is 3. The second-order valence-corrected chi connectivity index (χ2v) is 16.4. The first-order chi connectivity index (χ1) is 25.5. The van der Waals surface area contributed by atoms with Crippen molar-refractivity contribution in [3.05, 3.63) is 95.6 Å². The molecule has 2 saturated heterocycles. The summed E-state index contributed by atoms with van der Waals surface area (Å²) in [7, 11) is -0.819. The molecule has 2 fully saturated rings. The van der Waals surface area contributed by atoms with E-state index >= 15 is 0 Å². The van der Waals surface area contributed by atoms with Crippen molar-refractivity contribution in [2.24, 2.45) is 0 Å². The van der Waals surface area contributed by atoms with Crippen LogP contribution in [0.15, 0.2) is 83.8 Å². The van der Waals surface area contributed by atoms with E-state index < -0.39 is 28.0 Å². The lowest BCUT2D eigenvalue weighted by molar-refractivity contribution is -0.136. The molecule has 3 aliphatic heterocycles. The van der Waals surface area contributed by atoms with Crippen LogP contribution in [0.1, 0.15) is 68.7 Å².